The van der Waals surface area contributed by atoms with Gasteiger partial charge in [-0.25, -0.2) is 14.2 Å². The van der Waals surface area contributed by atoms with E-state index in [9.17, 15) is 33.5 Å². The molecule has 4 heterocycles. The Morgan fingerprint density at radius 2 is 1.26 bits per heavy atom. The maximum atomic E-state index is 15.0. The van der Waals surface area contributed by atoms with Crippen LogP contribution in [0.2, 0.25) is 0 Å². The van der Waals surface area contributed by atoms with Gasteiger partial charge in [-0.3, -0.25) is 19.4 Å². The average molecular weight is 948 g/mol. The van der Waals surface area contributed by atoms with E-state index in [1.165, 1.54) is 15.9 Å². The largest absolute Gasteiger partial charge is 0.524 e. The Labute approximate surface area is 384 Å². The maximum Gasteiger partial charge on any atom is 0.524 e. The number of carbonyl (C=O) groups excluding carboxylic acids is 4. The molecule has 10 rings (SSSR count). The summed E-state index contributed by atoms with van der Waals surface area (Å²) in [6, 6.07) is 10.9. The third kappa shape index (κ3) is 6.57. The molecule has 5 aromatic rings. The summed E-state index contributed by atoms with van der Waals surface area (Å²) < 4.78 is 28.7. The van der Waals surface area contributed by atoms with E-state index >= 15 is 0 Å². The van der Waals surface area contributed by atoms with Crippen LogP contribution in [-0.4, -0.2) is 106 Å². The van der Waals surface area contributed by atoms with Crippen LogP contribution in [0.1, 0.15) is 64.5 Å². The van der Waals surface area contributed by atoms with Crippen LogP contribution >= 0.6 is 31.0 Å². The molecule has 5 atom stereocenters. The third-order valence-corrected chi connectivity index (χ3v) is 16.0. The van der Waals surface area contributed by atoms with E-state index in [1.807, 2.05) is 51.2 Å². The number of fused-ring (bicyclic) bond motifs is 6. The van der Waals surface area contributed by atoms with E-state index in [4.69, 9.17) is 37.2 Å². The number of hydrogen-bond acceptors (Lipinski definition) is 8. The molecule has 3 saturated carbocycles. The molecule has 16 nitrogen and oxygen atoms in total. The molecule has 65 heavy (non-hydrogen) atoms. The first-order valence-electron chi connectivity index (χ1n) is 21.5. The number of nitrogens with one attached hydrogen (secondary N) is 2. The average Bonchev–Trinajstić information content (AvgIpc) is 3.64. The van der Waals surface area contributed by atoms with E-state index < -0.39 is 36.3 Å². The van der Waals surface area contributed by atoms with Gasteiger partial charge in [0.2, 0.25) is 11.8 Å². The minimum Gasteiger partial charge on any atom is -0.445 e. The summed E-state index contributed by atoms with van der Waals surface area (Å²) in [6.45, 7) is 6.88. The lowest BCUT2D eigenvalue weighted by molar-refractivity contribution is -0.134. The number of carbonyl (C=O) groups is 4. The van der Waals surface area contributed by atoms with Crippen molar-refractivity contribution in [1.29, 1.82) is 0 Å². The number of anilines is 2. The molecule has 4 amide bonds. The van der Waals surface area contributed by atoms with Crippen molar-refractivity contribution in [2.24, 2.45) is 16.2 Å². The van der Waals surface area contributed by atoms with Gasteiger partial charge < -0.3 is 43.6 Å². The Bertz CT molecular complexity index is 2920. The number of aromatic amines is 2. The second-order valence-corrected chi connectivity index (χ2v) is 20.5. The topological polar surface area (TPSA) is 198 Å². The number of phosphoric ester groups is 1. The molecular weight excluding hydrogens is 898 g/mol. The molecule has 342 valence electrons. The second-order valence-electron chi connectivity index (χ2n) is 18.7. The van der Waals surface area contributed by atoms with Gasteiger partial charge in [0.05, 0.1) is 33.2 Å². The van der Waals surface area contributed by atoms with Gasteiger partial charge in [-0.15, -0.1) is 23.2 Å². The molecule has 1 spiro atoms. The van der Waals surface area contributed by atoms with Crippen LogP contribution in [0.15, 0.2) is 48.8 Å². The highest BCUT2D eigenvalue weighted by Gasteiger charge is 3.01. The zero-order valence-corrected chi connectivity index (χ0v) is 38.9. The Morgan fingerprint density at radius 3 is 1.75 bits per heavy atom. The standard InChI is InChI=1S/C46H49Cl2N6O10P/c1-24-6-8-27(9-7-24)20-62-42(57)51(4)10-11-52(5)43(58)63-32-12-30-36(34-25(2)16-49-38(32)34)28(14-47)18-53(30)40(55)44-21-45(23-46(44,45)22-44)41(56)54-19-29(15-48)37-31(54)13-33(64-65(59,60)61)39-35(37)26(3)17-50-39/h6-9,12-13,16-17,28-29,49-50H,10-11,14-15,18-23H2,1-5H3,(H2,59,60,61)/t28-,29-,44?,45?,46?/m1/s1. The lowest BCUT2D eigenvalue weighted by Gasteiger charge is -2.37. The minimum absolute atomic E-state index is 0.0647. The van der Waals surface area contributed by atoms with Crippen LogP contribution in [0, 0.1) is 37.0 Å². The Kier molecular flexibility index (Phi) is 10.2. The molecular formula is C46H49Cl2N6O10P. The van der Waals surface area contributed by atoms with Crippen LogP contribution in [0.4, 0.5) is 21.0 Å². The second kappa shape index (κ2) is 15.1. The van der Waals surface area contributed by atoms with Crippen molar-refractivity contribution >= 4 is 88.2 Å². The number of ether oxygens (including phenoxy) is 2. The molecule has 2 aliphatic heterocycles. The Morgan fingerprint density at radius 1 is 0.769 bits per heavy atom. The highest BCUT2D eigenvalue weighted by Crippen LogP contribution is 3.01. The minimum atomic E-state index is -4.95. The predicted octanol–water partition coefficient (Wildman–Crippen LogP) is 7.95. The van der Waals surface area contributed by atoms with Gasteiger partial charge in [-0.05, 0) is 67.9 Å². The smallest absolute Gasteiger partial charge is 0.445 e. The van der Waals surface area contributed by atoms with Crippen LogP contribution in [0.25, 0.3) is 21.8 Å². The van der Waals surface area contributed by atoms with Crippen LogP contribution in [0.3, 0.4) is 0 Å². The summed E-state index contributed by atoms with van der Waals surface area (Å²) in [5.41, 5.74) is 5.51. The first kappa shape index (κ1) is 43.6. The van der Waals surface area contributed by atoms with Crippen molar-refractivity contribution in [1.82, 2.24) is 19.8 Å². The third-order valence-electron chi connectivity index (χ3n) is 14.8. The number of benzene rings is 3. The van der Waals surface area contributed by atoms with E-state index in [0.717, 1.165) is 38.8 Å². The normalized spacial score (nSPS) is 24.5. The van der Waals surface area contributed by atoms with Gasteiger partial charge in [0.15, 0.2) is 11.5 Å². The summed E-state index contributed by atoms with van der Waals surface area (Å²) in [7, 11) is -1.77. The van der Waals surface area contributed by atoms with E-state index in [1.54, 1.807) is 36.2 Å². The number of halogens is 2. The van der Waals surface area contributed by atoms with Crippen LogP contribution in [0.5, 0.6) is 11.5 Å². The Hall–Kier alpha value is -5.25. The van der Waals surface area contributed by atoms with Crippen LogP contribution in [-0.2, 0) is 25.5 Å². The summed E-state index contributed by atoms with van der Waals surface area (Å²) in [6.07, 6.45) is 3.84. The summed E-state index contributed by atoms with van der Waals surface area (Å²) in [4.78, 5) is 88.2. The Balaban J connectivity index is 0.867. The van der Waals surface area contributed by atoms with Crippen molar-refractivity contribution in [3.05, 3.63) is 82.2 Å². The summed E-state index contributed by atoms with van der Waals surface area (Å²) in [5.74, 6) is -0.0159. The first-order chi connectivity index (χ1) is 30.9. The summed E-state index contributed by atoms with van der Waals surface area (Å²) in [5, 5.41) is 1.54. The molecule has 3 aliphatic carbocycles. The summed E-state index contributed by atoms with van der Waals surface area (Å²) >= 11 is 13.2. The van der Waals surface area contributed by atoms with Gasteiger partial charge in [0.1, 0.15) is 6.61 Å². The lowest BCUT2D eigenvalue weighted by atomic mass is 9.72. The number of alkyl halides is 2. The molecule has 5 aliphatic rings. The molecule has 0 bridgehead atoms. The lowest BCUT2D eigenvalue weighted by Crippen LogP contribution is -2.49. The number of amides is 4. The number of H-pyrrole nitrogens is 2. The number of likely N-dealkylation sites (N-methyl/N-ethyl adjacent to an activating group) is 2. The molecule has 4 N–H and O–H groups in total. The quantitative estimate of drug-likeness (QED) is 0.0704. The fourth-order valence-electron chi connectivity index (χ4n) is 11.4. The van der Waals surface area contributed by atoms with Crippen molar-refractivity contribution < 1.29 is 47.5 Å². The van der Waals surface area contributed by atoms with Gasteiger partial charge in [-0.1, -0.05) is 29.8 Å². The number of phosphoric acid groups is 1. The number of hydrogen-bond donors (Lipinski definition) is 4. The monoisotopic (exact) mass is 946 g/mol. The van der Waals surface area contributed by atoms with Gasteiger partial charge in [0.25, 0.3) is 0 Å². The number of nitrogens with zero attached hydrogens (tertiary/aromatic N) is 4. The highest BCUT2D eigenvalue weighted by atomic mass is 35.5. The molecule has 0 radical (unpaired) electrons. The van der Waals surface area contributed by atoms with Crippen LogP contribution < -0.4 is 19.1 Å². The zero-order valence-electron chi connectivity index (χ0n) is 36.5. The molecule has 3 aromatic carbocycles. The highest BCUT2D eigenvalue weighted by molar-refractivity contribution is 7.46. The fraction of sp³-hybridized carbons (Fsp3) is 0.435. The van der Waals surface area contributed by atoms with Crippen molar-refractivity contribution in [2.45, 2.75) is 58.5 Å². The van der Waals surface area contributed by atoms with Gasteiger partial charge >= 0.3 is 20.0 Å². The van der Waals surface area contributed by atoms with Crippen molar-refractivity contribution in [3.63, 3.8) is 0 Å². The van der Waals surface area contributed by atoms with E-state index in [2.05, 4.69) is 9.97 Å². The van der Waals surface area contributed by atoms with E-state index in [-0.39, 0.29) is 73.2 Å². The molecule has 3 fully saturated rings. The molecule has 2 aromatic heterocycles. The van der Waals surface area contributed by atoms with Gasteiger partial charge in [0, 0.05) is 105 Å². The predicted molar refractivity (Wildman–Crippen MR) is 244 cm³/mol. The van der Waals surface area contributed by atoms with Gasteiger partial charge in [-0.2, -0.15) is 0 Å². The molecule has 19 heteroatoms. The number of aryl methyl sites for hydroxylation is 3. The fourth-order valence-corrected chi connectivity index (χ4v) is 12.3. The SMILES string of the molecule is Cc1ccc(COC(=O)N(C)CCN(C)C(=O)Oc2cc3c(c4c(C)c[nH]c24)[C@H](CCl)CN3C(=O)C23CC4(C(=O)N5C[C@@H](CCl)c6c5cc(OP(=O)(O)O)c5[nH]cc(C)c65)CC24C3)cc1. The molecule has 0 saturated heterocycles. The van der Waals surface area contributed by atoms with Crippen molar-refractivity contribution in [2.75, 3.05) is 61.8 Å². The maximum absolute atomic E-state index is 15.0. The number of aromatic nitrogens is 2. The first-order valence-corrected chi connectivity index (χ1v) is 24.1. The van der Waals surface area contributed by atoms with E-state index in [0.29, 0.717) is 53.6 Å². The van der Waals surface area contributed by atoms with Crippen molar-refractivity contribution in [3.8, 4) is 11.5 Å². The molecule has 3 unspecified atom stereocenters. The zero-order chi connectivity index (χ0) is 46.1. The number of rotatable bonds is 12.